The Bertz CT molecular complexity index is 1480. The minimum Gasteiger partial charge on any atom is -0.494 e. The van der Waals surface area contributed by atoms with Crippen LogP contribution in [0.25, 0.3) is 6.08 Å². The molecule has 0 aliphatic rings. The lowest BCUT2D eigenvalue weighted by atomic mass is 10.1. The number of nitrogens with one attached hydrogen (secondary N) is 2. The SMILES string of the molecule is CCOc1ccc(C(=O)CSc2ccc(NC(=O)/C(=C/c3ccc(C)cc3)NC(=O)c3ccccc3)cc2)cc1. The Morgan fingerprint density at radius 3 is 2.12 bits per heavy atom. The van der Waals surface area contributed by atoms with Gasteiger partial charge in [-0.1, -0.05) is 48.0 Å². The van der Waals surface area contributed by atoms with Gasteiger partial charge in [-0.2, -0.15) is 0 Å². The minimum absolute atomic E-state index is 0.0190. The van der Waals surface area contributed by atoms with E-state index in [9.17, 15) is 14.4 Å². The standard InChI is InChI=1S/C33H30N2O4S/c1-3-39-28-17-13-25(14-18-28)31(36)22-40-29-19-15-27(16-20-29)34-33(38)30(21-24-11-9-23(2)10-12-24)35-32(37)26-7-5-4-6-8-26/h4-21H,3,22H2,1-2H3,(H,34,38)(H,35,37)/b30-21-. The zero-order chi connectivity index (χ0) is 28.3. The van der Waals surface area contributed by atoms with E-state index in [1.54, 1.807) is 66.7 Å². The van der Waals surface area contributed by atoms with E-state index in [0.717, 1.165) is 21.8 Å². The van der Waals surface area contributed by atoms with Gasteiger partial charge in [-0.25, -0.2) is 0 Å². The second-order valence-electron chi connectivity index (χ2n) is 8.94. The molecule has 0 saturated heterocycles. The maximum absolute atomic E-state index is 13.2. The van der Waals surface area contributed by atoms with Crippen molar-refractivity contribution in [3.63, 3.8) is 0 Å². The van der Waals surface area contributed by atoms with Crippen molar-refractivity contribution in [2.75, 3.05) is 17.7 Å². The fourth-order valence-corrected chi connectivity index (χ4v) is 4.53. The summed E-state index contributed by atoms with van der Waals surface area (Å²) < 4.78 is 5.43. The van der Waals surface area contributed by atoms with Crippen LogP contribution in [0, 0.1) is 6.92 Å². The molecule has 0 aliphatic heterocycles. The highest BCUT2D eigenvalue weighted by Gasteiger charge is 2.15. The molecule has 7 heteroatoms. The van der Waals surface area contributed by atoms with Gasteiger partial charge in [0.05, 0.1) is 12.4 Å². The largest absolute Gasteiger partial charge is 0.494 e. The highest BCUT2D eigenvalue weighted by atomic mass is 32.2. The van der Waals surface area contributed by atoms with Gasteiger partial charge in [0, 0.05) is 21.7 Å². The molecule has 0 bridgehead atoms. The van der Waals surface area contributed by atoms with Crippen molar-refractivity contribution in [2.24, 2.45) is 0 Å². The van der Waals surface area contributed by atoms with Crippen LogP contribution in [0.1, 0.15) is 38.8 Å². The fraction of sp³-hybridized carbons (Fsp3) is 0.121. The third-order valence-corrected chi connectivity index (χ3v) is 6.90. The number of rotatable bonds is 11. The highest BCUT2D eigenvalue weighted by molar-refractivity contribution is 8.00. The molecule has 0 radical (unpaired) electrons. The molecule has 40 heavy (non-hydrogen) atoms. The van der Waals surface area contributed by atoms with Crippen molar-refractivity contribution in [3.05, 3.63) is 131 Å². The van der Waals surface area contributed by atoms with Crippen LogP contribution in [-0.4, -0.2) is 30.0 Å². The lowest BCUT2D eigenvalue weighted by molar-refractivity contribution is -0.113. The van der Waals surface area contributed by atoms with Gasteiger partial charge in [0.25, 0.3) is 11.8 Å². The summed E-state index contributed by atoms with van der Waals surface area (Å²) in [5, 5.41) is 5.60. The summed E-state index contributed by atoms with van der Waals surface area (Å²) in [6.45, 7) is 4.47. The summed E-state index contributed by atoms with van der Waals surface area (Å²) in [5.74, 6) is 0.217. The maximum Gasteiger partial charge on any atom is 0.272 e. The number of carbonyl (C=O) groups excluding carboxylic acids is 3. The van der Waals surface area contributed by atoms with Gasteiger partial charge in [0.1, 0.15) is 11.4 Å². The summed E-state index contributed by atoms with van der Waals surface area (Å²) in [6.07, 6.45) is 1.65. The molecule has 2 amide bonds. The Kier molecular flexibility index (Phi) is 9.91. The molecule has 0 saturated carbocycles. The van der Waals surface area contributed by atoms with E-state index in [1.807, 2.05) is 56.3 Å². The van der Waals surface area contributed by atoms with Gasteiger partial charge < -0.3 is 15.4 Å². The van der Waals surface area contributed by atoms with Gasteiger partial charge in [-0.05, 0) is 86.2 Å². The van der Waals surface area contributed by atoms with E-state index in [0.29, 0.717) is 23.4 Å². The third-order valence-electron chi connectivity index (χ3n) is 5.89. The highest BCUT2D eigenvalue weighted by Crippen LogP contribution is 2.23. The van der Waals surface area contributed by atoms with Crippen molar-refractivity contribution in [1.29, 1.82) is 0 Å². The van der Waals surface area contributed by atoms with Crippen LogP contribution in [0.3, 0.4) is 0 Å². The smallest absolute Gasteiger partial charge is 0.272 e. The summed E-state index contributed by atoms with van der Waals surface area (Å²) >= 11 is 1.42. The molecule has 6 nitrogen and oxygen atoms in total. The number of thioether (sulfide) groups is 1. The Hall–Kier alpha value is -4.62. The molecular weight excluding hydrogens is 520 g/mol. The van der Waals surface area contributed by atoms with Crippen LogP contribution in [0.15, 0.2) is 114 Å². The van der Waals surface area contributed by atoms with Crippen LogP contribution in [-0.2, 0) is 4.79 Å². The molecule has 4 aromatic rings. The maximum atomic E-state index is 13.2. The van der Waals surface area contributed by atoms with Crippen molar-refractivity contribution < 1.29 is 19.1 Å². The Morgan fingerprint density at radius 1 is 0.800 bits per heavy atom. The molecular formula is C33H30N2O4S. The molecule has 0 aromatic heterocycles. The van der Waals surface area contributed by atoms with Crippen molar-refractivity contribution in [2.45, 2.75) is 18.7 Å². The quantitative estimate of drug-likeness (QED) is 0.122. The number of carbonyl (C=O) groups is 3. The molecule has 0 heterocycles. The number of amides is 2. The number of ether oxygens (including phenoxy) is 1. The summed E-state index contributed by atoms with van der Waals surface area (Å²) in [5.41, 5.74) is 3.65. The second kappa shape index (κ2) is 14.0. The van der Waals surface area contributed by atoms with Crippen LogP contribution < -0.4 is 15.4 Å². The van der Waals surface area contributed by atoms with Crippen molar-refractivity contribution in [1.82, 2.24) is 5.32 Å². The molecule has 4 rings (SSSR count). The molecule has 0 atom stereocenters. The molecule has 2 N–H and O–H groups in total. The van der Waals surface area contributed by atoms with E-state index >= 15 is 0 Å². The number of hydrogen-bond acceptors (Lipinski definition) is 5. The van der Waals surface area contributed by atoms with Gasteiger partial charge >= 0.3 is 0 Å². The van der Waals surface area contributed by atoms with Crippen LogP contribution in [0.2, 0.25) is 0 Å². The molecule has 0 fully saturated rings. The first kappa shape index (κ1) is 28.4. The van der Waals surface area contributed by atoms with Crippen LogP contribution in [0.5, 0.6) is 5.75 Å². The predicted octanol–water partition coefficient (Wildman–Crippen LogP) is 6.78. The molecule has 0 aliphatic carbocycles. The number of hydrogen-bond donors (Lipinski definition) is 2. The molecule has 4 aromatic carbocycles. The van der Waals surface area contributed by atoms with Crippen molar-refractivity contribution in [3.8, 4) is 5.75 Å². The lowest BCUT2D eigenvalue weighted by Gasteiger charge is -2.12. The Morgan fingerprint density at radius 2 is 1.48 bits per heavy atom. The number of ketones is 1. The summed E-state index contributed by atoms with van der Waals surface area (Å²) in [4.78, 5) is 39.5. The monoisotopic (exact) mass is 550 g/mol. The van der Waals surface area contributed by atoms with Crippen molar-refractivity contribution >= 4 is 41.1 Å². The van der Waals surface area contributed by atoms with E-state index in [4.69, 9.17) is 4.74 Å². The number of Topliss-reactive ketones (excluding diaryl/α,β-unsaturated/α-hetero) is 1. The first-order chi connectivity index (χ1) is 19.4. The summed E-state index contributed by atoms with van der Waals surface area (Å²) in [6, 6.07) is 30.7. The summed E-state index contributed by atoms with van der Waals surface area (Å²) in [7, 11) is 0. The van der Waals surface area contributed by atoms with Gasteiger partial charge in [0.2, 0.25) is 0 Å². The number of aryl methyl sites for hydroxylation is 1. The first-order valence-corrected chi connectivity index (χ1v) is 13.8. The molecule has 0 spiro atoms. The topological polar surface area (TPSA) is 84.5 Å². The zero-order valence-corrected chi connectivity index (χ0v) is 23.2. The Balaban J connectivity index is 1.40. The predicted molar refractivity (Wildman–Crippen MR) is 161 cm³/mol. The second-order valence-corrected chi connectivity index (χ2v) is 9.99. The lowest BCUT2D eigenvalue weighted by Crippen LogP contribution is -2.30. The minimum atomic E-state index is -0.448. The van der Waals surface area contributed by atoms with E-state index in [1.165, 1.54) is 11.8 Å². The average molecular weight is 551 g/mol. The van der Waals surface area contributed by atoms with Gasteiger partial charge in [0.15, 0.2) is 5.78 Å². The average Bonchev–Trinajstić information content (AvgIpc) is 2.98. The van der Waals surface area contributed by atoms with E-state index in [-0.39, 0.29) is 23.1 Å². The fourth-order valence-electron chi connectivity index (χ4n) is 3.74. The Labute approximate surface area is 238 Å². The number of benzene rings is 4. The molecule has 0 unspecified atom stereocenters. The van der Waals surface area contributed by atoms with E-state index in [2.05, 4.69) is 10.6 Å². The van der Waals surface area contributed by atoms with Gasteiger partial charge in [-0.15, -0.1) is 11.8 Å². The van der Waals surface area contributed by atoms with E-state index < -0.39 is 5.91 Å². The van der Waals surface area contributed by atoms with Crippen LogP contribution >= 0.6 is 11.8 Å². The number of anilines is 1. The molecule has 202 valence electrons. The third kappa shape index (κ3) is 8.19. The normalized spacial score (nSPS) is 11.0. The van der Waals surface area contributed by atoms with Crippen LogP contribution in [0.4, 0.5) is 5.69 Å². The first-order valence-electron chi connectivity index (χ1n) is 12.9. The van der Waals surface area contributed by atoms with Gasteiger partial charge in [-0.3, -0.25) is 14.4 Å². The zero-order valence-electron chi connectivity index (χ0n) is 22.3.